The number of hydrogen-bond acceptors (Lipinski definition) is 4. The zero-order chi connectivity index (χ0) is 17.6. The Bertz CT molecular complexity index is 462. The molecule has 1 aliphatic rings. The van der Waals surface area contributed by atoms with E-state index in [0.29, 0.717) is 19.3 Å². The predicted molar refractivity (Wildman–Crippen MR) is 96.4 cm³/mol. The molecule has 2 N–H and O–H groups in total. The number of carbonyl (C=O) groups is 1. The Morgan fingerprint density at radius 1 is 1.25 bits per heavy atom. The number of rotatable bonds is 8. The van der Waals surface area contributed by atoms with E-state index in [9.17, 15) is 15.0 Å². The zero-order valence-corrected chi connectivity index (χ0v) is 14.5. The fourth-order valence-corrected chi connectivity index (χ4v) is 2.28. The molecule has 0 aromatic rings. The molecule has 0 aliphatic carbocycles. The van der Waals surface area contributed by atoms with Crippen LogP contribution in [0.15, 0.2) is 48.6 Å². The van der Waals surface area contributed by atoms with Gasteiger partial charge in [0.05, 0.1) is 12.2 Å². The largest absolute Gasteiger partial charge is 0.458 e. The van der Waals surface area contributed by atoms with Crippen LogP contribution in [0.4, 0.5) is 0 Å². The number of aliphatic hydroxyl groups excluding tert-OH is 2. The van der Waals surface area contributed by atoms with Crippen molar-refractivity contribution in [3.8, 4) is 0 Å². The molecule has 0 radical (unpaired) electrons. The maximum atomic E-state index is 11.6. The van der Waals surface area contributed by atoms with Crippen LogP contribution in [0.1, 0.15) is 51.9 Å². The van der Waals surface area contributed by atoms with Gasteiger partial charge < -0.3 is 14.9 Å². The smallest absolute Gasteiger partial charge is 0.306 e. The molecule has 0 amide bonds. The zero-order valence-electron chi connectivity index (χ0n) is 14.5. The van der Waals surface area contributed by atoms with Crippen molar-refractivity contribution >= 4 is 5.97 Å². The highest BCUT2D eigenvalue weighted by Crippen LogP contribution is 2.12. The molecule has 1 rings (SSSR count). The van der Waals surface area contributed by atoms with E-state index >= 15 is 0 Å². The summed E-state index contributed by atoms with van der Waals surface area (Å²) in [6.07, 6.45) is 17.9. The summed E-state index contributed by atoms with van der Waals surface area (Å²) in [5, 5.41) is 19.9. The van der Waals surface area contributed by atoms with Crippen molar-refractivity contribution in [3.63, 3.8) is 0 Å². The van der Waals surface area contributed by atoms with Crippen LogP contribution in [0.2, 0.25) is 0 Å². The van der Waals surface area contributed by atoms with E-state index in [1.807, 2.05) is 24.3 Å². The minimum absolute atomic E-state index is 0.216. The number of ether oxygens (including phenoxy) is 1. The SMILES string of the molecule is CCC=CCC=CC[C@@H](O)[C@H](O)/C=C/[C@@H]1CC=CCCCC(=O)O1. The molecule has 0 spiro atoms. The van der Waals surface area contributed by atoms with Gasteiger partial charge in [0, 0.05) is 12.8 Å². The third-order valence-corrected chi connectivity index (χ3v) is 3.71. The average Bonchev–Trinajstić information content (AvgIpc) is 2.67. The average molecular weight is 334 g/mol. The second-order valence-corrected chi connectivity index (χ2v) is 5.89. The van der Waals surface area contributed by atoms with E-state index in [-0.39, 0.29) is 12.1 Å². The van der Waals surface area contributed by atoms with E-state index in [0.717, 1.165) is 25.7 Å². The molecule has 0 aromatic carbocycles. The first-order valence-electron chi connectivity index (χ1n) is 8.82. The Morgan fingerprint density at radius 3 is 2.83 bits per heavy atom. The van der Waals surface area contributed by atoms with E-state index in [2.05, 4.69) is 19.1 Å². The summed E-state index contributed by atoms with van der Waals surface area (Å²) in [7, 11) is 0. The minimum Gasteiger partial charge on any atom is -0.458 e. The summed E-state index contributed by atoms with van der Waals surface area (Å²) in [4.78, 5) is 11.6. The van der Waals surface area contributed by atoms with Crippen molar-refractivity contribution in [1.82, 2.24) is 0 Å². The highest BCUT2D eigenvalue weighted by molar-refractivity contribution is 5.69. The molecule has 4 heteroatoms. The van der Waals surface area contributed by atoms with Crippen LogP contribution < -0.4 is 0 Å². The highest BCUT2D eigenvalue weighted by atomic mass is 16.5. The lowest BCUT2D eigenvalue weighted by molar-refractivity contribution is -0.146. The van der Waals surface area contributed by atoms with E-state index in [4.69, 9.17) is 4.74 Å². The van der Waals surface area contributed by atoms with Gasteiger partial charge in [-0.15, -0.1) is 0 Å². The van der Waals surface area contributed by atoms with E-state index in [1.165, 1.54) is 6.08 Å². The minimum atomic E-state index is -0.976. The summed E-state index contributed by atoms with van der Waals surface area (Å²) in [5.41, 5.74) is 0. The molecule has 3 atom stereocenters. The van der Waals surface area contributed by atoms with Gasteiger partial charge in [-0.05, 0) is 38.2 Å². The number of esters is 1. The second kappa shape index (κ2) is 12.7. The summed E-state index contributed by atoms with van der Waals surface area (Å²) in [5.74, 6) is -0.216. The lowest BCUT2D eigenvalue weighted by Crippen LogP contribution is -2.24. The summed E-state index contributed by atoms with van der Waals surface area (Å²) in [6.45, 7) is 2.08. The van der Waals surface area contributed by atoms with Gasteiger partial charge in [0.15, 0.2) is 0 Å². The quantitative estimate of drug-likeness (QED) is 0.526. The summed E-state index contributed by atoms with van der Waals surface area (Å²) in [6, 6.07) is 0. The number of allylic oxidation sites excluding steroid dienone is 4. The van der Waals surface area contributed by atoms with Crippen LogP contribution in [-0.4, -0.2) is 34.5 Å². The fraction of sp³-hybridized carbons (Fsp3) is 0.550. The maximum absolute atomic E-state index is 11.6. The van der Waals surface area contributed by atoms with Crippen LogP contribution in [0.5, 0.6) is 0 Å². The highest BCUT2D eigenvalue weighted by Gasteiger charge is 2.15. The molecule has 134 valence electrons. The van der Waals surface area contributed by atoms with Crippen LogP contribution in [0, 0.1) is 0 Å². The van der Waals surface area contributed by atoms with Crippen molar-refractivity contribution in [3.05, 3.63) is 48.6 Å². The third-order valence-electron chi connectivity index (χ3n) is 3.71. The topological polar surface area (TPSA) is 66.8 Å². The first-order valence-corrected chi connectivity index (χ1v) is 8.82. The van der Waals surface area contributed by atoms with Crippen molar-refractivity contribution in [2.24, 2.45) is 0 Å². The Labute approximate surface area is 145 Å². The Balaban J connectivity index is 2.42. The van der Waals surface area contributed by atoms with Crippen LogP contribution in [-0.2, 0) is 9.53 Å². The maximum Gasteiger partial charge on any atom is 0.306 e. The fourth-order valence-electron chi connectivity index (χ4n) is 2.28. The summed E-state index contributed by atoms with van der Waals surface area (Å²) >= 11 is 0. The number of aliphatic hydroxyl groups is 2. The van der Waals surface area contributed by atoms with Crippen molar-refractivity contribution in [1.29, 1.82) is 0 Å². The molecular formula is C20H30O4. The number of carbonyl (C=O) groups excluding carboxylic acids is 1. The Hall–Kier alpha value is -1.65. The van der Waals surface area contributed by atoms with Gasteiger partial charge in [-0.3, -0.25) is 4.79 Å². The third kappa shape index (κ3) is 9.48. The Morgan fingerprint density at radius 2 is 2.04 bits per heavy atom. The van der Waals surface area contributed by atoms with Gasteiger partial charge >= 0.3 is 5.97 Å². The summed E-state index contributed by atoms with van der Waals surface area (Å²) < 4.78 is 5.35. The molecule has 1 aliphatic heterocycles. The van der Waals surface area contributed by atoms with Crippen molar-refractivity contribution < 1.29 is 19.7 Å². The van der Waals surface area contributed by atoms with E-state index < -0.39 is 12.2 Å². The molecular weight excluding hydrogens is 304 g/mol. The molecule has 0 saturated carbocycles. The van der Waals surface area contributed by atoms with Gasteiger partial charge in [-0.1, -0.05) is 49.5 Å². The van der Waals surface area contributed by atoms with Crippen LogP contribution in [0.3, 0.4) is 0 Å². The first kappa shape index (κ1) is 20.4. The molecule has 24 heavy (non-hydrogen) atoms. The lowest BCUT2D eigenvalue weighted by Gasteiger charge is -2.15. The van der Waals surface area contributed by atoms with Crippen LogP contribution in [0.25, 0.3) is 0 Å². The van der Waals surface area contributed by atoms with Crippen molar-refractivity contribution in [2.45, 2.75) is 70.2 Å². The molecule has 0 bridgehead atoms. The molecule has 0 fully saturated rings. The van der Waals surface area contributed by atoms with Gasteiger partial charge in [0.25, 0.3) is 0 Å². The predicted octanol–water partition coefficient (Wildman–Crippen LogP) is 3.61. The van der Waals surface area contributed by atoms with Gasteiger partial charge in [0.1, 0.15) is 6.10 Å². The Kier molecular flexibility index (Phi) is 10.8. The molecule has 0 unspecified atom stereocenters. The van der Waals surface area contributed by atoms with Gasteiger partial charge in [-0.2, -0.15) is 0 Å². The molecule has 1 heterocycles. The molecule has 0 saturated heterocycles. The van der Waals surface area contributed by atoms with Crippen LogP contribution >= 0.6 is 0 Å². The molecule has 4 nitrogen and oxygen atoms in total. The number of cyclic esters (lactones) is 1. The van der Waals surface area contributed by atoms with Gasteiger partial charge in [-0.25, -0.2) is 0 Å². The first-order chi connectivity index (χ1) is 11.6. The second-order valence-electron chi connectivity index (χ2n) is 5.89. The van der Waals surface area contributed by atoms with E-state index in [1.54, 1.807) is 6.08 Å². The standard InChI is InChI=1S/C20H30O4/c1-2-3-4-5-6-10-13-18(21)19(22)16-15-17-12-9-7-8-11-14-20(23)24-17/h3-4,6-7,9-10,15-19,21-22H,2,5,8,11-14H2,1H3/b4-3?,9-7?,10-6?,16-15+/t17-,18+,19+/m0/s1. The van der Waals surface area contributed by atoms with Crippen molar-refractivity contribution in [2.75, 3.05) is 0 Å². The normalized spacial score (nSPS) is 22.5. The lowest BCUT2D eigenvalue weighted by atomic mass is 10.1. The monoisotopic (exact) mass is 334 g/mol. The number of hydrogen-bond donors (Lipinski definition) is 2. The van der Waals surface area contributed by atoms with Gasteiger partial charge in [0.2, 0.25) is 0 Å². The molecule has 0 aromatic heterocycles.